The smallest absolute Gasteiger partial charge is 0.248 e. The van der Waals surface area contributed by atoms with E-state index in [4.69, 9.17) is 9.26 Å². The Bertz CT molecular complexity index is 971. The summed E-state index contributed by atoms with van der Waals surface area (Å²) in [5, 5.41) is 6.72. The molecule has 1 aromatic heterocycles. The number of rotatable bonds is 8. The van der Waals surface area contributed by atoms with Crippen LogP contribution in [0.5, 0.6) is 0 Å². The highest BCUT2D eigenvalue weighted by Crippen LogP contribution is 2.27. The molecule has 1 aromatic carbocycles. The first-order valence-corrected chi connectivity index (χ1v) is 12.0. The lowest BCUT2D eigenvalue weighted by Crippen LogP contribution is -2.43. The molecule has 31 heavy (non-hydrogen) atoms. The van der Waals surface area contributed by atoms with Crippen molar-refractivity contribution in [2.45, 2.75) is 64.7 Å². The van der Waals surface area contributed by atoms with Gasteiger partial charge in [-0.05, 0) is 51.7 Å². The lowest BCUT2D eigenvalue weighted by molar-refractivity contribution is -0.126. The van der Waals surface area contributed by atoms with E-state index in [0.29, 0.717) is 50.5 Å². The molecule has 1 N–H and O–H groups in total. The highest BCUT2D eigenvalue weighted by Gasteiger charge is 2.35. The lowest BCUT2D eigenvalue weighted by Gasteiger charge is -2.30. The van der Waals surface area contributed by atoms with E-state index in [1.165, 1.54) is 4.31 Å². The largest absolute Gasteiger partial charge is 0.374 e. The Labute approximate surface area is 184 Å². The van der Waals surface area contributed by atoms with Gasteiger partial charge in [-0.25, -0.2) is 8.42 Å². The van der Waals surface area contributed by atoms with Crippen LogP contribution < -0.4 is 5.32 Å². The van der Waals surface area contributed by atoms with Gasteiger partial charge in [-0.3, -0.25) is 4.79 Å². The molecular weight excluding hydrogens is 418 g/mol. The topological polar surface area (TPSA) is 102 Å². The van der Waals surface area contributed by atoms with E-state index in [-0.39, 0.29) is 22.8 Å². The van der Waals surface area contributed by atoms with Crippen LogP contribution in [0.25, 0.3) is 0 Å². The normalized spacial score (nSPS) is 16.0. The van der Waals surface area contributed by atoms with Gasteiger partial charge in [0.05, 0.1) is 12.7 Å². The van der Waals surface area contributed by atoms with Crippen LogP contribution in [0.2, 0.25) is 0 Å². The Balaban J connectivity index is 1.49. The number of hydrogen-bond donors (Lipinski definition) is 1. The molecule has 1 amide bonds. The van der Waals surface area contributed by atoms with Gasteiger partial charge < -0.3 is 14.6 Å². The van der Waals surface area contributed by atoms with Crippen molar-refractivity contribution in [1.29, 1.82) is 0 Å². The summed E-state index contributed by atoms with van der Waals surface area (Å²) < 4.78 is 37.8. The molecule has 170 valence electrons. The van der Waals surface area contributed by atoms with Gasteiger partial charge in [-0.1, -0.05) is 29.4 Å². The number of aryl methyl sites for hydroxylation is 2. The number of sulfonamides is 1. The second kappa shape index (κ2) is 9.93. The molecule has 0 atom stereocenters. The van der Waals surface area contributed by atoms with Crippen LogP contribution in [-0.4, -0.2) is 43.0 Å². The zero-order valence-electron chi connectivity index (χ0n) is 18.6. The molecule has 0 spiro atoms. The summed E-state index contributed by atoms with van der Waals surface area (Å²) >= 11 is 0. The average Bonchev–Trinajstić information content (AvgIpc) is 3.10. The number of hydrogen-bond acceptors (Lipinski definition) is 6. The first kappa shape index (κ1) is 23.4. The Hall–Kier alpha value is -2.23. The lowest BCUT2D eigenvalue weighted by atomic mass is 9.97. The maximum Gasteiger partial charge on any atom is 0.248 e. The fourth-order valence-electron chi connectivity index (χ4n) is 3.68. The van der Waals surface area contributed by atoms with E-state index in [1.54, 1.807) is 13.8 Å². The van der Waals surface area contributed by atoms with E-state index in [9.17, 15) is 13.2 Å². The standard InChI is InChI=1S/C22H31N3O5S/c1-15(2)29-14-19-7-5-18(6-8-19)13-23-22(26)20-9-11-25(12-10-20)31(27,28)21-16(3)24-30-17(21)4/h5-8,15,20H,9-14H2,1-4H3,(H,23,26). The highest BCUT2D eigenvalue weighted by atomic mass is 32.2. The van der Waals surface area contributed by atoms with Gasteiger partial charge in [0.2, 0.25) is 15.9 Å². The quantitative estimate of drug-likeness (QED) is 0.665. The molecular formula is C22H31N3O5S. The molecule has 0 aliphatic carbocycles. The maximum atomic E-state index is 12.9. The predicted octanol–water partition coefficient (Wildman–Crippen LogP) is 2.93. The molecule has 2 aromatic rings. The van der Waals surface area contributed by atoms with Gasteiger partial charge in [-0.2, -0.15) is 4.31 Å². The van der Waals surface area contributed by atoms with Crippen LogP contribution in [0, 0.1) is 19.8 Å². The Morgan fingerprint density at radius 3 is 2.35 bits per heavy atom. The number of nitrogens with one attached hydrogen (secondary N) is 1. The summed E-state index contributed by atoms with van der Waals surface area (Å²) in [6.45, 7) is 8.83. The van der Waals surface area contributed by atoms with Crippen molar-refractivity contribution in [1.82, 2.24) is 14.8 Å². The number of aromatic nitrogens is 1. The zero-order chi connectivity index (χ0) is 22.6. The molecule has 1 aliphatic heterocycles. The third-order valence-electron chi connectivity index (χ3n) is 5.46. The van der Waals surface area contributed by atoms with Crippen LogP contribution >= 0.6 is 0 Å². The van der Waals surface area contributed by atoms with Crippen molar-refractivity contribution in [2.75, 3.05) is 13.1 Å². The highest BCUT2D eigenvalue weighted by molar-refractivity contribution is 7.89. The third-order valence-corrected chi connectivity index (χ3v) is 7.61. The van der Waals surface area contributed by atoms with Crippen molar-refractivity contribution in [3.63, 3.8) is 0 Å². The fraction of sp³-hybridized carbons (Fsp3) is 0.545. The molecule has 2 heterocycles. The number of amides is 1. The van der Waals surface area contributed by atoms with E-state index < -0.39 is 10.0 Å². The molecule has 1 aliphatic rings. The minimum Gasteiger partial charge on any atom is -0.374 e. The molecule has 9 heteroatoms. The predicted molar refractivity (Wildman–Crippen MR) is 116 cm³/mol. The van der Waals surface area contributed by atoms with Crippen molar-refractivity contribution >= 4 is 15.9 Å². The minimum absolute atomic E-state index is 0.0402. The average molecular weight is 450 g/mol. The Morgan fingerprint density at radius 2 is 1.81 bits per heavy atom. The van der Waals surface area contributed by atoms with Gasteiger partial charge in [0.1, 0.15) is 10.6 Å². The number of carbonyl (C=O) groups is 1. The second-order valence-corrected chi connectivity index (χ2v) is 10.1. The van der Waals surface area contributed by atoms with Crippen LogP contribution in [0.15, 0.2) is 33.7 Å². The summed E-state index contributed by atoms with van der Waals surface area (Å²) in [5.74, 6) is 0.0515. The van der Waals surface area contributed by atoms with E-state index in [0.717, 1.165) is 11.1 Å². The maximum absolute atomic E-state index is 12.9. The second-order valence-electron chi connectivity index (χ2n) is 8.23. The number of benzene rings is 1. The van der Waals surface area contributed by atoms with Crippen LogP contribution in [0.3, 0.4) is 0 Å². The molecule has 0 saturated carbocycles. The van der Waals surface area contributed by atoms with E-state index in [2.05, 4.69) is 10.5 Å². The Kier molecular flexibility index (Phi) is 7.51. The molecule has 0 unspecified atom stereocenters. The molecule has 8 nitrogen and oxygen atoms in total. The van der Waals surface area contributed by atoms with Crippen molar-refractivity contribution in [3.8, 4) is 0 Å². The summed E-state index contributed by atoms with van der Waals surface area (Å²) in [4.78, 5) is 12.7. The summed E-state index contributed by atoms with van der Waals surface area (Å²) in [7, 11) is -3.66. The van der Waals surface area contributed by atoms with E-state index in [1.807, 2.05) is 38.1 Å². The fourth-order valence-corrected chi connectivity index (χ4v) is 5.44. The number of nitrogens with zero attached hydrogens (tertiary/aromatic N) is 2. The molecule has 1 fully saturated rings. The van der Waals surface area contributed by atoms with Gasteiger partial charge in [-0.15, -0.1) is 0 Å². The van der Waals surface area contributed by atoms with Crippen LogP contribution in [-0.2, 0) is 32.7 Å². The minimum atomic E-state index is -3.66. The van der Waals surface area contributed by atoms with Crippen LogP contribution in [0.1, 0.15) is 49.3 Å². The summed E-state index contributed by atoms with van der Waals surface area (Å²) in [6.07, 6.45) is 1.16. The van der Waals surface area contributed by atoms with Crippen molar-refractivity contribution in [3.05, 3.63) is 46.8 Å². The number of ether oxygens (including phenoxy) is 1. The van der Waals surface area contributed by atoms with Crippen LogP contribution in [0.4, 0.5) is 0 Å². The molecule has 1 saturated heterocycles. The number of piperidine rings is 1. The first-order chi connectivity index (χ1) is 14.7. The van der Waals surface area contributed by atoms with Gasteiger partial charge >= 0.3 is 0 Å². The van der Waals surface area contributed by atoms with Gasteiger partial charge in [0.25, 0.3) is 0 Å². The van der Waals surface area contributed by atoms with Crippen molar-refractivity contribution in [2.24, 2.45) is 5.92 Å². The summed E-state index contributed by atoms with van der Waals surface area (Å²) in [6, 6.07) is 7.97. The molecule has 0 radical (unpaired) electrons. The monoisotopic (exact) mass is 449 g/mol. The molecule has 3 rings (SSSR count). The zero-order valence-corrected chi connectivity index (χ0v) is 19.4. The first-order valence-electron chi connectivity index (χ1n) is 10.6. The summed E-state index contributed by atoms with van der Waals surface area (Å²) in [5.41, 5.74) is 2.47. The Morgan fingerprint density at radius 1 is 1.19 bits per heavy atom. The van der Waals surface area contributed by atoms with E-state index >= 15 is 0 Å². The third kappa shape index (κ3) is 5.72. The number of carbonyl (C=O) groups excluding carboxylic acids is 1. The van der Waals surface area contributed by atoms with Gasteiger partial charge in [0.15, 0.2) is 5.76 Å². The SMILES string of the molecule is Cc1noc(C)c1S(=O)(=O)N1CCC(C(=O)NCc2ccc(COC(C)C)cc2)CC1. The molecule has 0 bridgehead atoms. The van der Waals surface area contributed by atoms with Gasteiger partial charge in [0, 0.05) is 25.6 Å². The van der Waals surface area contributed by atoms with Crippen molar-refractivity contribution < 1.29 is 22.5 Å².